The fraction of sp³-hybridized carbons (Fsp3) is 0.250. The molecule has 0 fully saturated rings. The summed E-state index contributed by atoms with van der Waals surface area (Å²) in [5.74, 6) is -0.651. The SMILES string of the molecule is CC(=O)CC(c1ccccc1)C1C(=O)c2ccccc2N1C(C)=O. The molecule has 122 valence electrons. The standard InChI is InChI=1S/C20H19NO3/c1-13(22)12-17(15-8-4-3-5-9-15)19-20(24)16-10-6-7-11-18(16)21(19)14(2)23/h3-11,17,19H,12H2,1-2H3. The normalized spacial score (nSPS) is 17.5. The number of carbonyl (C=O) groups is 3. The van der Waals surface area contributed by atoms with Crippen molar-refractivity contribution < 1.29 is 14.4 Å². The monoisotopic (exact) mass is 321 g/mol. The maximum absolute atomic E-state index is 13.0. The Kier molecular flexibility index (Phi) is 4.30. The highest BCUT2D eigenvalue weighted by molar-refractivity contribution is 6.18. The third-order valence-electron chi connectivity index (χ3n) is 4.43. The fourth-order valence-electron chi connectivity index (χ4n) is 3.47. The summed E-state index contributed by atoms with van der Waals surface area (Å²) in [6.45, 7) is 2.97. The van der Waals surface area contributed by atoms with E-state index in [2.05, 4.69) is 0 Å². The van der Waals surface area contributed by atoms with Crippen LogP contribution in [0.2, 0.25) is 0 Å². The van der Waals surface area contributed by atoms with Crippen molar-refractivity contribution in [3.63, 3.8) is 0 Å². The van der Waals surface area contributed by atoms with E-state index in [1.54, 1.807) is 18.2 Å². The van der Waals surface area contributed by atoms with Gasteiger partial charge in [0.05, 0.1) is 5.69 Å². The van der Waals surface area contributed by atoms with Crippen LogP contribution in [0.1, 0.15) is 42.1 Å². The first-order valence-corrected chi connectivity index (χ1v) is 7.98. The smallest absolute Gasteiger partial charge is 0.224 e. The van der Waals surface area contributed by atoms with Gasteiger partial charge < -0.3 is 9.69 Å². The van der Waals surface area contributed by atoms with E-state index in [0.717, 1.165) is 5.56 Å². The highest BCUT2D eigenvalue weighted by atomic mass is 16.2. The second-order valence-electron chi connectivity index (χ2n) is 6.14. The Hall–Kier alpha value is -2.75. The molecular weight excluding hydrogens is 302 g/mol. The van der Waals surface area contributed by atoms with Gasteiger partial charge in [-0.1, -0.05) is 42.5 Å². The Balaban J connectivity index is 2.11. The van der Waals surface area contributed by atoms with Gasteiger partial charge in [0.15, 0.2) is 5.78 Å². The van der Waals surface area contributed by atoms with E-state index < -0.39 is 6.04 Å². The summed E-state index contributed by atoms with van der Waals surface area (Å²) < 4.78 is 0. The zero-order valence-corrected chi connectivity index (χ0v) is 13.7. The zero-order chi connectivity index (χ0) is 17.3. The molecule has 0 aromatic heterocycles. The number of hydrogen-bond donors (Lipinski definition) is 0. The third-order valence-corrected chi connectivity index (χ3v) is 4.43. The van der Waals surface area contributed by atoms with Crippen molar-refractivity contribution in [1.82, 2.24) is 0 Å². The van der Waals surface area contributed by atoms with E-state index in [1.165, 1.54) is 18.7 Å². The van der Waals surface area contributed by atoms with E-state index in [0.29, 0.717) is 11.3 Å². The van der Waals surface area contributed by atoms with Crippen molar-refractivity contribution in [3.8, 4) is 0 Å². The van der Waals surface area contributed by atoms with Gasteiger partial charge in [0.1, 0.15) is 11.8 Å². The Morgan fingerprint density at radius 3 is 2.25 bits per heavy atom. The summed E-state index contributed by atoms with van der Waals surface area (Å²) >= 11 is 0. The first-order chi connectivity index (χ1) is 11.5. The van der Waals surface area contributed by atoms with Crippen LogP contribution in [0.5, 0.6) is 0 Å². The lowest BCUT2D eigenvalue weighted by atomic mass is 9.84. The van der Waals surface area contributed by atoms with E-state index in [1.807, 2.05) is 36.4 Å². The minimum atomic E-state index is -0.675. The largest absolute Gasteiger partial charge is 0.300 e. The number of nitrogens with zero attached hydrogens (tertiary/aromatic N) is 1. The van der Waals surface area contributed by atoms with Gasteiger partial charge in [0.25, 0.3) is 0 Å². The minimum absolute atomic E-state index is 0.00360. The number of anilines is 1. The van der Waals surface area contributed by atoms with Gasteiger partial charge in [-0.2, -0.15) is 0 Å². The highest BCUT2D eigenvalue weighted by Gasteiger charge is 2.44. The van der Waals surface area contributed by atoms with Gasteiger partial charge in [-0.3, -0.25) is 9.59 Å². The van der Waals surface area contributed by atoms with E-state index in [9.17, 15) is 14.4 Å². The summed E-state index contributed by atoms with van der Waals surface area (Å²) in [7, 11) is 0. The first-order valence-electron chi connectivity index (χ1n) is 7.98. The lowest BCUT2D eigenvalue weighted by molar-refractivity contribution is -0.119. The molecule has 24 heavy (non-hydrogen) atoms. The van der Waals surface area contributed by atoms with Crippen molar-refractivity contribution in [3.05, 3.63) is 65.7 Å². The molecule has 2 aromatic carbocycles. The lowest BCUT2D eigenvalue weighted by Gasteiger charge is -2.30. The van der Waals surface area contributed by atoms with Crippen molar-refractivity contribution >= 4 is 23.2 Å². The number of hydrogen-bond acceptors (Lipinski definition) is 3. The molecule has 1 aliphatic heterocycles. The van der Waals surface area contributed by atoms with Crippen LogP contribution in [0.15, 0.2) is 54.6 Å². The molecule has 1 aliphatic rings. The molecule has 2 atom stereocenters. The molecule has 0 saturated heterocycles. The van der Waals surface area contributed by atoms with Crippen LogP contribution in [-0.4, -0.2) is 23.5 Å². The summed E-state index contributed by atoms with van der Waals surface area (Å²) in [5.41, 5.74) is 2.07. The molecule has 0 bridgehead atoms. The van der Waals surface area contributed by atoms with Crippen LogP contribution in [0.4, 0.5) is 5.69 Å². The van der Waals surface area contributed by atoms with Crippen LogP contribution in [-0.2, 0) is 9.59 Å². The number of ketones is 2. The van der Waals surface area contributed by atoms with Gasteiger partial charge >= 0.3 is 0 Å². The number of para-hydroxylation sites is 1. The minimum Gasteiger partial charge on any atom is -0.300 e. The molecule has 0 spiro atoms. The number of carbonyl (C=O) groups excluding carboxylic acids is 3. The van der Waals surface area contributed by atoms with Gasteiger partial charge in [0, 0.05) is 24.8 Å². The molecule has 4 heteroatoms. The molecule has 1 amide bonds. The van der Waals surface area contributed by atoms with Gasteiger partial charge in [-0.05, 0) is 24.6 Å². The molecule has 4 nitrogen and oxygen atoms in total. The van der Waals surface area contributed by atoms with Crippen LogP contribution in [0, 0.1) is 0 Å². The number of Topliss-reactive ketones (excluding diaryl/α,β-unsaturated/α-hetero) is 2. The Bertz CT molecular complexity index is 798. The summed E-state index contributed by atoms with van der Waals surface area (Å²) in [5, 5.41) is 0. The molecular formula is C20H19NO3. The molecule has 1 heterocycles. The number of benzene rings is 2. The molecule has 0 saturated carbocycles. The van der Waals surface area contributed by atoms with Gasteiger partial charge in [-0.15, -0.1) is 0 Å². The average molecular weight is 321 g/mol. The van der Waals surface area contributed by atoms with Crippen LogP contribution < -0.4 is 4.90 Å². The Morgan fingerprint density at radius 2 is 1.62 bits per heavy atom. The maximum Gasteiger partial charge on any atom is 0.224 e. The second-order valence-corrected chi connectivity index (χ2v) is 6.14. The first kappa shape index (κ1) is 16.1. The number of fused-ring (bicyclic) bond motifs is 1. The van der Waals surface area contributed by atoms with E-state index in [-0.39, 0.29) is 29.8 Å². The highest BCUT2D eigenvalue weighted by Crippen LogP contribution is 2.40. The summed E-state index contributed by atoms with van der Waals surface area (Å²) in [4.78, 5) is 38.6. The van der Waals surface area contributed by atoms with Gasteiger partial charge in [0.2, 0.25) is 5.91 Å². The van der Waals surface area contributed by atoms with Crippen LogP contribution >= 0.6 is 0 Å². The summed E-state index contributed by atoms with van der Waals surface area (Å²) in [6, 6.07) is 15.9. The summed E-state index contributed by atoms with van der Waals surface area (Å²) in [6.07, 6.45) is 0.220. The van der Waals surface area contributed by atoms with Crippen molar-refractivity contribution in [2.45, 2.75) is 32.2 Å². The molecule has 2 aromatic rings. The topological polar surface area (TPSA) is 54.5 Å². The molecule has 0 radical (unpaired) electrons. The predicted octanol–water partition coefficient (Wildman–Crippen LogP) is 3.37. The van der Waals surface area contributed by atoms with Gasteiger partial charge in [-0.25, -0.2) is 0 Å². The fourth-order valence-corrected chi connectivity index (χ4v) is 3.47. The molecule has 3 rings (SSSR count). The Morgan fingerprint density at radius 1 is 1.00 bits per heavy atom. The van der Waals surface area contributed by atoms with Crippen molar-refractivity contribution in [1.29, 1.82) is 0 Å². The van der Waals surface area contributed by atoms with Crippen molar-refractivity contribution in [2.75, 3.05) is 4.90 Å². The Labute approximate surface area is 141 Å². The maximum atomic E-state index is 13.0. The second kappa shape index (κ2) is 6.40. The van der Waals surface area contributed by atoms with Crippen LogP contribution in [0.25, 0.3) is 0 Å². The molecule has 0 aliphatic carbocycles. The van der Waals surface area contributed by atoms with Crippen molar-refractivity contribution in [2.24, 2.45) is 0 Å². The third kappa shape index (κ3) is 2.75. The molecule has 0 N–H and O–H groups in total. The lowest BCUT2D eigenvalue weighted by Crippen LogP contribution is -2.43. The number of amides is 1. The number of rotatable bonds is 4. The van der Waals surface area contributed by atoms with Crippen LogP contribution in [0.3, 0.4) is 0 Å². The quantitative estimate of drug-likeness (QED) is 0.867. The average Bonchev–Trinajstić information content (AvgIpc) is 2.87. The zero-order valence-electron chi connectivity index (χ0n) is 13.7. The predicted molar refractivity (Wildman–Crippen MR) is 92.2 cm³/mol. The van der Waals surface area contributed by atoms with E-state index in [4.69, 9.17) is 0 Å². The van der Waals surface area contributed by atoms with E-state index >= 15 is 0 Å². The molecule has 2 unspecified atom stereocenters.